The lowest BCUT2D eigenvalue weighted by molar-refractivity contribution is 0.0712. The first-order chi connectivity index (χ1) is 16.4. The summed E-state index contributed by atoms with van der Waals surface area (Å²) >= 11 is 0. The third-order valence-corrected chi connectivity index (χ3v) is 6.80. The number of H-pyrrole nitrogens is 1. The van der Waals surface area contributed by atoms with Crippen molar-refractivity contribution in [3.05, 3.63) is 70.0 Å². The van der Waals surface area contributed by atoms with Gasteiger partial charge in [0.15, 0.2) is 5.82 Å². The first kappa shape index (κ1) is 26.2. The van der Waals surface area contributed by atoms with Crippen LogP contribution < -0.4 is 0 Å². The van der Waals surface area contributed by atoms with Crippen molar-refractivity contribution in [3.8, 4) is 17.5 Å². The monoisotopic (exact) mass is 471 g/mol. The molecule has 4 rings (SSSR count). The second kappa shape index (κ2) is 11.3. The van der Waals surface area contributed by atoms with E-state index in [4.69, 9.17) is 10.2 Å². The Balaban J connectivity index is 0.00000342. The molecule has 2 heterocycles. The molecule has 1 aliphatic rings. The molecule has 6 heteroatoms. The minimum absolute atomic E-state index is 0. The Morgan fingerprint density at radius 3 is 2.49 bits per heavy atom. The molecule has 0 spiro atoms. The number of nitrogens with one attached hydrogen (secondary N) is 1. The van der Waals surface area contributed by atoms with E-state index < -0.39 is 0 Å². The molecule has 0 unspecified atom stereocenters. The Hall–Kier alpha value is -3.46. The number of likely N-dealkylation sites (tertiary alicyclic amines) is 1. The SMILES string of the molecule is C.CCCc1nc(-c2cc(C(=O)N3CCC(c4ccc(C#N)cc4)CC3)c(C)cc2C(C)C)n[nH]1. The summed E-state index contributed by atoms with van der Waals surface area (Å²) < 4.78 is 0. The zero-order chi connectivity index (χ0) is 24.2. The van der Waals surface area contributed by atoms with Crippen LogP contribution in [0.2, 0.25) is 0 Å². The molecule has 1 saturated heterocycles. The average molecular weight is 472 g/mol. The number of carbonyl (C=O) groups is 1. The minimum Gasteiger partial charge on any atom is -0.339 e. The number of nitrogens with zero attached hydrogens (tertiary/aromatic N) is 4. The van der Waals surface area contributed by atoms with Gasteiger partial charge in [0.25, 0.3) is 5.91 Å². The second-order valence-electron chi connectivity index (χ2n) is 9.57. The van der Waals surface area contributed by atoms with Crippen LogP contribution in [0.3, 0.4) is 0 Å². The molecule has 0 atom stereocenters. The summed E-state index contributed by atoms with van der Waals surface area (Å²) in [5.41, 5.74) is 5.76. The summed E-state index contributed by atoms with van der Waals surface area (Å²) in [7, 11) is 0. The molecular formula is C29H37N5O. The van der Waals surface area contributed by atoms with Gasteiger partial charge in [-0.25, -0.2) is 4.98 Å². The van der Waals surface area contributed by atoms with Gasteiger partial charge in [-0.05, 0) is 72.9 Å². The van der Waals surface area contributed by atoms with Crippen molar-refractivity contribution in [1.29, 1.82) is 5.26 Å². The predicted octanol–water partition coefficient (Wildman–Crippen LogP) is 6.38. The first-order valence-corrected chi connectivity index (χ1v) is 12.3. The smallest absolute Gasteiger partial charge is 0.254 e. The van der Waals surface area contributed by atoms with E-state index in [1.165, 1.54) is 5.56 Å². The topological polar surface area (TPSA) is 85.7 Å². The van der Waals surface area contributed by atoms with Crippen molar-refractivity contribution < 1.29 is 4.79 Å². The number of nitriles is 1. The highest BCUT2D eigenvalue weighted by Crippen LogP contribution is 2.33. The highest BCUT2D eigenvalue weighted by atomic mass is 16.2. The number of piperidine rings is 1. The Bertz CT molecular complexity index is 1190. The van der Waals surface area contributed by atoms with Gasteiger partial charge in [-0.1, -0.05) is 46.4 Å². The van der Waals surface area contributed by atoms with Gasteiger partial charge in [-0.2, -0.15) is 10.4 Å². The van der Waals surface area contributed by atoms with Gasteiger partial charge < -0.3 is 4.90 Å². The largest absolute Gasteiger partial charge is 0.339 e. The molecule has 3 aromatic rings. The number of amides is 1. The van der Waals surface area contributed by atoms with E-state index in [2.05, 4.69) is 43.1 Å². The fraction of sp³-hybridized carbons (Fsp3) is 0.448. The predicted molar refractivity (Wildman–Crippen MR) is 140 cm³/mol. The fourth-order valence-electron chi connectivity index (χ4n) is 4.81. The van der Waals surface area contributed by atoms with E-state index in [9.17, 15) is 4.79 Å². The van der Waals surface area contributed by atoms with Gasteiger partial charge in [-0.3, -0.25) is 9.89 Å². The lowest BCUT2D eigenvalue weighted by Crippen LogP contribution is -2.38. The zero-order valence-electron chi connectivity index (χ0n) is 20.6. The average Bonchev–Trinajstić information content (AvgIpc) is 3.32. The van der Waals surface area contributed by atoms with Gasteiger partial charge in [0.2, 0.25) is 0 Å². The van der Waals surface area contributed by atoms with E-state index >= 15 is 0 Å². The normalized spacial score (nSPS) is 14.0. The third-order valence-electron chi connectivity index (χ3n) is 6.80. The number of hydrogen-bond acceptors (Lipinski definition) is 4. The first-order valence-electron chi connectivity index (χ1n) is 12.3. The van der Waals surface area contributed by atoms with Crippen LogP contribution in [-0.4, -0.2) is 39.1 Å². The van der Waals surface area contributed by atoms with Gasteiger partial charge in [0.05, 0.1) is 11.6 Å². The third kappa shape index (κ3) is 5.62. The Kier molecular flexibility index (Phi) is 8.45. The van der Waals surface area contributed by atoms with Crippen molar-refractivity contribution in [2.75, 3.05) is 13.1 Å². The summed E-state index contributed by atoms with van der Waals surface area (Å²) in [5, 5.41) is 16.5. The van der Waals surface area contributed by atoms with E-state index in [1.54, 1.807) is 0 Å². The van der Waals surface area contributed by atoms with Crippen molar-refractivity contribution in [3.63, 3.8) is 0 Å². The summed E-state index contributed by atoms with van der Waals surface area (Å²) in [6.07, 6.45) is 3.71. The maximum Gasteiger partial charge on any atom is 0.254 e. The van der Waals surface area contributed by atoms with Crippen LogP contribution in [0.15, 0.2) is 36.4 Å². The number of aromatic nitrogens is 3. The van der Waals surface area contributed by atoms with Gasteiger partial charge >= 0.3 is 0 Å². The maximum absolute atomic E-state index is 13.6. The number of hydrogen-bond donors (Lipinski definition) is 1. The molecule has 6 nitrogen and oxygen atoms in total. The highest BCUT2D eigenvalue weighted by Gasteiger charge is 2.27. The summed E-state index contributed by atoms with van der Waals surface area (Å²) in [4.78, 5) is 20.2. The Morgan fingerprint density at radius 2 is 1.89 bits per heavy atom. The van der Waals surface area contributed by atoms with Crippen molar-refractivity contribution >= 4 is 5.91 Å². The number of aryl methyl sites for hydroxylation is 2. The lowest BCUT2D eigenvalue weighted by atomic mass is 9.88. The van der Waals surface area contributed by atoms with Gasteiger partial charge in [-0.15, -0.1) is 0 Å². The molecule has 1 N–H and O–H groups in total. The summed E-state index contributed by atoms with van der Waals surface area (Å²) in [6.45, 7) is 9.92. The molecule has 0 radical (unpaired) electrons. The number of rotatable bonds is 6. The number of carbonyl (C=O) groups excluding carboxylic acids is 1. The van der Waals surface area contributed by atoms with Crippen molar-refractivity contribution in [2.45, 2.75) is 72.6 Å². The van der Waals surface area contributed by atoms with E-state index in [0.29, 0.717) is 23.2 Å². The molecule has 35 heavy (non-hydrogen) atoms. The lowest BCUT2D eigenvalue weighted by Gasteiger charge is -2.33. The van der Waals surface area contributed by atoms with Gasteiger partial charge in [0, 0.05) is 30.6 Å². The highest BCUT2D eigenvalue weighted by molar-refractivity contribution is 5.97. The van der Waals surface area contributed by atoms with E-state index in [0.717, 1.165) is 66.9 Å². The number of aromatic amines is 1. The molecule has 1 fully saturated rings. The van der Waals surface area contributed by atoms with Crippen LogP contribution in [-0.2, 0) is 6.42 Å². The van der Waals surface area contributed by atoms with Crippen LogP contribution >= 0.6 is 0 Å². The Morgan fingerprint density at radius 1 is 1.20 bits per heavy atom. The molecule has 184 valence electrons. The maximum atomic E-state index is 13.6. The molecule has 2 aromatic carbocycles. The Labute approximate surface area is 209 Å². The van der Waals surface area contributed by atoms with E-state index in [1.807, 2.05) is 42.2 Å². The summed E-state index contributed by atoms with van der Waals surface area (Å²) in [6, 6.07) is 14.2. The zero-order valence-corrected chi connectivity index (χ0v) is 20.6. The molecule has 0 bridgehead atoms. The number of benzene rings is 2. The fourth-order valence-corrected chi connectivity index (χ4v) is 4.81. The van der Waals surface area contributed by atoms with Crippen LogP contribution in [0.25, 0.3) is 11.4 Å². The molecular weight excluding hydrogens is 434 g/mol. The molecule has 1 amide bonds. The second-order valence-corrected chi connectivity index (χ2v) is 9.57. The molecule has 1 aromatic heterocycles. The minimum atomic E-state index is 0. The van der Waals surface area contributed by atoms with Crippen LogP contribution in [0.5, 0.6) is 0 Å². The van der Waals surface area contributed by atoms with Crippen LogP contribution in [0.4, 0.5) is 0 Å². The van der Waals surface area contributed by atoms with E-state index in [-0.39, 0.29) is 13.3 Å². The van der Waals surface area contributed by atoms with Crippen LogP contribution in [0.1, 0.15) is 97.7 Å². The molecule has 0 saturated carbocycles. The van der Waals surface area contributed by atoms with Crippen molar-refractivity contribution in [1.82, 2.24) is 20.1 Å². The summed E-state index contributed by atoms with van der Waals surface area (Å²) in [5.74, 6) is 2.35. The van der Waals surface area contributed by atoms with Crippen LogP contribution in [0, 0.1) is 18.3 Å². The molecule has 1 aliphatic heterocycles. The molecule has 0 aliphatic carbocycles. The van der Waals surface area contributed by atoms with Gasteiger partial charge in [0.1, 0.15) is 5.82 Å². The quantitative estimate of drug-likeness (QED) is 0.452. The van der Waals surface area contributed by atoms with Crippen molar-refractivity contribution in [2.24, 2.45) is 0 Å². The standard InChI is InChI=1S/C28H33N5O.CH4/c1-5-6-26-30-27(32-31-26)25-16-24(19(4)15-23(25)18(2)3)28(34)33-13-11-22(12-14-33)21-9-7-20(17-29)8-10-21;/h7-10,15-16,18,22H,5-6,11-14H2,1-4H3,(H,30,31,32);1H4.